The average Bonchev–Trinajstić information content (AvgIpc) is 2.85. The van der Waals surface area contributed by atoms with Crippen molar-refractivity contribution in [3.05, 3.63) is 100 Å². The van der Waals surface area contributed by atoms with Crippen LogP contribution in [0.3, 0.4) is 0 Å². The Morgan fingerprint density at radius 3 is 2.43 bits per heavy atom. The molecule has 6 heteroatoms. The molecule has 0 aromatic heterocycles. The van der Waals surface area contributed by atoms with Crippen molar-refractivity contribution >= 4 is 27.7 Å². The van der Waals surface area contributed by atoms with Crippen molar-refractivity contribution in [1.82, 2.24) is 10.2 Å². The summed E-state index contributed by atoms with van der Waals surface area (Å²) in [5, 5.41) is 3.03. The normalized spacial score (nSPS) is 11.5. The molecule has 0 radical (unpaired) electrons. The van der Waals surface area contributed by atoms with Gasteiger partial charge in [-0.15, -0.1) is 0 Å². The Morgan fingerprint density at radius 1 is 0.971 bits per heavy atom. The topological polar surface area (TPSA) is 58.6 Å². The molecule has 0 saturated heterocycles. The highest BCUT2D eigenvalue weighted by atomic mass is 79.9. The second-order valence-electron chi connectivity index (χ2n) is 8.61. The number of halogens is 1. The lowest BCUT2D eigenvalue weighted by molar-refractivity contribution is -0.142. The Bertz CT molecular complexity index is 1100. The molecule has 35 heavy (non-hydrogen) atoms. The van der Waals surface area contributed by atoms with Gasteiger partial charge in [-0.25, -0.2) is 0 Å². The quantitative estimate of drug-likeness (QED) is 0.302. The SMILES string of the molecule is CCCCNC(=O)[C@H](Cc1ccccc1)N(Cc1cccc(Br)c1)C(=O)COc1cccc(C)c1. The molecule has 3 aromatic rings. The number of hydrogen-bond acceptors (Lipinski definition) is 3. The van der Waals surface area contributed by atoms with E-state index in [2.05, 4.69) is 28.2 Å². The number of ether oxygens (including phenoxy) is 1. The van der Waals surface area contributed by atoms with Crippen LogP contribution in [0.15, 0.2) is 83.3 Å². The fraction of sp³-hybridized carbons (Fsp3) is 0.310. The smallest absolute Gasteiger partial charge is 0.261 e. The summed E-state index contributed by atoms with van der Waals surface area (Å²) in [4.78, 5) is 28.6. The first-order valence-electron chi connectivity index (χ1n) is 12.0. The zero-order chi connectivity index (χ0) is 25.0. The first kappa shape index (κ1) is 26.5. The predicted octanol–water partition coefficient (Wildman–Crippen LogP) is 5.69. The molecule has 0 aliphatic rings. The van der Waals surface area contributed by atoms with Crippen LogP contribution in [0.4, 0.5) is 0 Å². The van der Waals surface area contributed by atoms with Gasteiger partial charge in [0.2, 0.25) is 5.91 Å². The molecule has 0 heterocycles. The summed E-state index contributed by atoms with van der Waals surface area (Å²) in [6.07, 6.45) is 2.29. The molecule has 3 rings (SSSR count). The van der Waals surface area contributed by atoms with Crippen LogP contribution in [0.25, 0.3) is 0 Å². The van der Waals surface area contributed by atoms with E-state index in [9.17, 15) is 9.59 Å². The lowest BCUT2D eigenvalue weighted by Gasteiger charge is -2.31. The summed E-state index contributed by atoms with van der Waals surface area (Å²) in [6, 6.07) is 24.5. The van der Waals surface area contributed by atoms with Gasteiger partial charge >= 0.3 is 0 Å². The zero-order valence-corrected chi connectivity index (χ0v) is 22.0. The van der Waals surface area contributed by atoms with Gasteiger partial charge in [-0.2, -0.15) is 0 Å². The molecule has 0 bridgehead atoms. The largest absolute Gasteiger partial charge is 0.484 e. The lowest BCUT2D eigenvalue weighted by Crippen LogP contribution is -2.51. The van der Waals surface area contributed by atoms with Crippen molar-refractivity contribution < 1.29 is 14.3 Å². The number of carbonyl (C=O) groups is 2. The average molecular weight is 537 g/mol. The fourth-order valence-corrected chi connectivity index (χ4v) is 4.27. The third kappa shape index (κ3) is 8.55. The van der Waals surface area contributed by atoms with Crippen molar-refractivity contribution in [3.63, 3.8) is 0 Å². The summed E-state index contributed by atoms with van der Waals surface area (Å²) in [5.41, 5.74) is 2.98. The van der Waals surface area contributed by atoms with E-state index in [1.54, 1.807) is 4.90 Å². The Morgan fingerprint density at radius 2 is 1.71 bits per heavy atom. The predicted molar refractivity (Wildman–Crippen MR) is 143 cm³/mol. The summed E-state index contributed by atoms with van der Waals surface area (Å²) >= 11 is 3.51. The van der Waals surface area contributed by atoms with Gasteiger partial charge in [0, 0.05) is 24.0 Å². The lowest BCUT2D eigenvalue weighted by atomic mass is 10.0. The molecule has 0 spiro atoms. The van der Waals surface area contributed by atoms with E-state index in [1.165, 1.54) is 0 Å². The molecule has 5 nitrogen and oxygen atoms in total. The Labute approximate surface area is 216 Å². The van der Waals surface area contributed by atoms with Gasteiger partial charge in [0.25, 0.3) is 5.91 Å². The van der Waals surface area contributed by atoms with Crippen LogP contribution in [0.2, 0.25) is 0 Å². The van der Waals surface area contributed by atoms with Crippen molar-refractivity contribution in [1.29, 1.82) is 0 Å². The minimum atomic E-state index is -0.665. The number of nitrogens with one attached hydrogen (secondary N) is 1. The van der Waals surface area contributed by atoms with E-state index >= 15 is 0 Å². The first-order chi connectivity index (χ1) is 17.0. The zero-order valence-electron chi connectivity index (χ0n) is 20.4. The van der Waals surface area contributed by atoms with Gasteiger partial charge in [0.15, 0.2) is 6.61 Å². The van der Waals surface area contributed by atoms with Crippen LogP contribution in [0, 0.1) is 6.92 Å². The molecule has 3 aromatic carbocycles. The van der Waals surface area contributed by atoms with Crippen molar-refractivity contribution in [2.75, 3.05) is 13.2 Å². The van der Waals surface area contributed by atoms with Crippen LogP contribution in [0.1, 0.15) is 36.5 Å². The third-order valence-electron chi connectivity index (χ3n) is 5.69. The Kier molecular flexibility index (Phi) is 10.4. The second-order valence-corrected chi connectivity index (χ2v) is 9.52. The van der Waals surface area contributed by atoms with Gasteiger partial charge in [0.05, 0.1) is 0 Å². The number of unbranched alkanes of at least 4 members (excludes halogenated alkanes) is 1. The summed E-state index contributed by atoms with van der Waals surface area (Å²) in [7, 11) is 0. The van der Waals surface area contributed by atoms with Gasteiger partial charge in [-0.05, 0) is 54.3 Å². The Hall–Kier alpha value is -3.12. The number of carbonyl (C=O) groups excluding carboxylic acids is 2. The number of aryl methyl sites for hydroxylation is 1. The molecule has 2 amide bonds. The monoisotopic (exact) mass is 536 g/mol. The van der Waals surface area contributed by atoms with E-state index in [1.807, 2.05) is 85.8 Å². The molecule has 0 aliphatic carbocycles. The fourth-order valence-electron chi connectivity index (χ4n) is 3.83. The first-order valence-corrected chi connectivity index (χ1v) is 12.8. The third-order valence-corrected chi connectivity index (χ3v) is 6.19. The summed E-state index contributed by atoms with van der Waals surface area (Å²) in [6.45, 7) is 4.79. The van der Waals surface area contributed by atoms with E-state index in [-0.39, 0.29) is 18.4 Å². The van der Waals surface area contributed by atoms with Crippen LogP contribution in [0.5, 0.6) is 5.75 Å². The minimum Gasteiger partial charge on any atom is -0.484 e. The van der Waals surface area contributed by atoms with E-state index < -0.39 is 6.04 Å². The maximum absolute atomic E-state index is 13.6. The van der Waals surface area contributed by atoms with Crippen LogP contribution in [-0.4, -0.2) is 35.9 Å². The van der Waals surface area contributed by atoms with Crippen molar-refractivity contribution in [2.24, 2.45) is 0 Å². The van der Waals surface area contributed by atoms with Crippen LogP contribution in [-0.2, 0) is 22.6 Å². The molecule has 184 valence electrons. The maximum Gasteiger partial charge on any atom is 0.261 e. The van der Waals surface area contributed by atoms with Gasteiger partial charge < -0.3 is 15.0 Å². The summed E-state index contributed by atoms with van der Waals surface area (Å²) < 4.78 is 6.76. The molecule has 0 saturated carbocycles. The van der Waals surface area contributed by atoms with E-state index in [0.29, 0.717) is 25.3 Å². The molecule has 1 atom stereocenters. The van der Waals surface area contributed by atoms with Crippen molar-refractivity contribution in [2.45, 2.75) is 45.7 Å². The standard InChI is InChI=1S/C29H33BrN2O3/c1-3-4-16-31-29(34)27(19-23-11-6-5-7-12-23)32(20-24-13-9-14-25(30)18-24)28(33)21-35-26-15-8-10-22(2)17-26/h5-15,17-18,27H,3-4,16,19-21H2,1-2H3,(H,31,34)/t27-/m0/s1. The van der Waals surface area contributed by atoms with Gasteiger partial charge in [-0.3, -0.25) is 9.59 Å². The number of amides is 2. The van der Waals surface area contributed by atoms with E-state index in [0.717, 1.165) is 34.0 Å². The maximum atomic E-state index is 13.6. The van der Waals surface area contributed by atoms with Crippen LogP contribution < -0.4 is 10.1 Å². The molecular weight excluding hydrogens is 504 g/mol. The highest BCUT2D eigenvalue weighted by molar-refractivity contribution is 9.10. The number of benzene rings is 3. The molecular formula is C29H33BrN2O3. The minimum absolute atomic E-state index is 0.148. The molecule has 1 N–H and O–H groups in total. The van der Waals surface area contributed by atoms with E-state index in [4.69, 9.17) is 4.74 Å². The van der Waals surface area contributed by atoms with Crippen LogP contribution >= 0.6 is 15.9 Å². The molecule has 0 aliphatic heterocycles. The summed E-state index contributed by atoms with van der Waals surface area (Å²) in [5.74, 6) is 0.243. The second kappa shape index (κ2) is 13.7. The number of rotatable bonds is 12. The highest BCUT2D eigenvalue weighted by Gasteiger charge is 2.30. The number of nitrogens with zero attached hydrogens (tertiary/aromatic N) is 1. The molecule has 0 fully saturated rings. The van der Waals surface area contributed by atoms with Crippen molar-refractivity contribution in [3.8, 4) is 5.75 Å². The van der Waals surface area contributed by atoms with Gasteiger partial charge in [0.1, 0.15) is 11.8 Å². The molecule has 0 unspecified atom stereocenters. The highest BCUT2D eigenvalue weighted by Crippen LogP contribution is 2.19. The Balaban J connectivity index is 1.88. The van der Waals surface area contributed by atoms with Gasteiger partial charge in [-0.1, -0.05) is 83.9 Å². The number of hydrogen-bond donors (Lipinski definition) is 1.